The molecule has 1 amide bonds. The number of rotatable bonds is 6. The van der Waals surface area contributed by atoms with E-state index in [9.17, 15) is 18.8 Å². The van der Waals surface area contributed by atoms with Crippen LogP contribution in [-0.4, -0.2) is 29.0 Å². The molecule has 0 aliphatic heterocycles. The van der Waals surface area contributed by atoms with Gasteiger partial charge in [0.05, 0.1) is 0 Å². The minimum absolute atomic E-state index is 0.0919. The highest BCUT2D eigenvalue weighted by Gasteiger charge is 2.42. The molecule has 1 heterocycles. The van der Waals surface area contributed by atoms with Crippen LogP contribution in [-0.2, 0) is 9.59 Å². The molecule has 1 aromatic heterocycles. The van der Waals surface area contributed by atoms with Crippen LogP contribution in [0.15, 0.2) is 60.8 Å². The van der Waals surface area contributed by atoms with Crippen LogP contribution in [0.1, 0.15) is 45.9 Å². The molecule has 33 heavy (non-hydrogen) atoms. The predicted octanol–water partition coefficient (Wildman–Crippen LogP) is 4.57. The zero-order chi connectivity index (χ0) is 23.5. The Bertz CT molecular complexity index is 1200. The van der Waals surface area contributed by atoms with Gasteiger partial charge in [0.1, 0.15) is 23.2 Å². The van der Waals surface area contributed by atoms with Gasteiger partial charge in [0, 0.05) is 25.1 Å². The van der Waals surface area contributed by atoms with Crippen LogP contribution < -0.4 is 5.32 Å². The molecule has 2 unspecified atom stereocenters. The number of aromatic nitrogens is 1. The van der Waals surface area contributed by atoms with Gasteiger partial charge in [0.2, 0.25) is 0 Å². The fourth-order valence-electron chi connectivity index (χ4n) is 4.62. The molecule has 0 radical (unpaired) electrons. The van der Waals surface area contributed by atoms with Gasteiger partial charge < -0.3 is 5.32 Å². The number of amides is 1. The molecule has 4 rings (SSSR count). The summed E-state index contributed by atoms with van der Waals surface area (Å²) >= 11 is 0. The number of hydrogen-bond donors (Lipinski definition) is 1. The van der Waals surface area contributed by atoms with Crippen molar-refractivity contribution in [3.63, 3.8) is 0 Å². The average molecular weight is 445 g/mol. The second-order valence-electron chi connectivity index (χ2n) is 8.50. The normalized spacial score (nSPS) is 17.9. The molecule has 1 aliphatic rings. The van der Waals surface area contributed by atoms with E-state index in [0.29, 0.717) is 18.7 Å². The topological polar surface area (TPSA) is 76.1 Å². The lowest BCUT2D eigenvalue weighted by molar-refractivity contribution is -0.124. The Morgan fingerprint density at radius 2 is 1.79 bits per heavy atom. The van der Waals surface area contributed by atoms with Crippen LogP contribution in [0, 0.1) is 25.6 Å². The van der Waals surface area contributed by atoms with Crippen molar-refractivity contribution in [1.29, 1.82) is 0 Å². The van der Waals surface area contributed by atoms with E-state index in [1.165, 1.54) is 12.1 Å². The number of nitrogens with zero attached hydrogens (tertiary/aromatic N) is 1. The minimum Gasteiger partial charge on any atom is -0.351 e. The quantitative estimate of drug-likeness (QED) is 0.565. The fourth-order valence-corrected chi connectivity index (χ4v) is 4.62. The molecule has 0 saturated heterocycles. The van der Waals surface area contributed by atoms with E-state index in [4.69, 9.17) is 0 Å². The summed E-state index contributed by atoms with van der Waals surface area (Å²) in [6, 6.07) is 15.2. The van der Waals surface area contributed by atoms with Gasteiger partial charge in [-0.15, -0.1) is 0 Å². The lowest BCUT2D eigenvalue weighted by atomic mass is 9.85. The van der Waals surface area contributed by atoms with Gasteiger partial charge in [0.25, 0.3) is 5.91 Å². The van der Waals surface area contributed by atoms with E-state index in [1.807, 2.05) is 32.0 Å². The van der Waals surface area contributed by atoms with Crippen molar-refractivity contribution in [2.75, 3.05) is 6.54 Å². The van der Waals surface area contributed by atoms with Crippen molar-refractivity contribution in [1.82, 2.24) is 10.3 Å². The second-order valence-corrected chi connectivity index (χ2v) is 8.50. The molecular weight excluding hydrogens is 419 g/mol. The number of pyridine rings is 1. The smallest absolute Gasteiger partial charge is 0.269 e. The first-order valence-electron chi connectivity index (χ1n) is 11.0. The molecule has 1 saturated carbocycles. The summed E-state index contributed by atoms with van der Waals surface area (Å²) in [6.07, 6.45) is 2.12. The van der Waals surface area contributed by atoms with Crippen molar-refractivity contribution in [2.45, 2.75) is 32.6 Å². The lowest BCUT2D eigenvalue weighted by Crippen LogP contribution is -2.27. The third kappa shape index (κ3) is 4.75. The van der Waals surface area contributed by atoms with Crippen LogP contribution in [0.4, 0.5) is 4.39 Å². The highest BCUT2D eigenvalue weighted by Crippen LogP contribution is 2.38. The zero-order valence-electron chi connectivity index (χ0n) is 18.6. The maximum absolute atomic E-state index is 13.7. The molecule has 5 nitrogen and oxygen atoms in total. The van der Waals surface area contributed by atoms with Gasteiger partial charge in [-0.3, -0.25) is 19.4 Å². The molecule has 2 atom stereocenters. The Kier molecular flexibility index (Phi) is 6.45. The molecule has 0 bridgehead atoms. The van der Waals surface area contributed by atoms with Crippen molar-refractivity contribution < 1.29 is 18.8 Å². The molecule has 0 spiro atoms. The number of halogens is 1. The number of aryl methyl sites for hydroxylation is 2. The SMILES string of the molecule is Cc1cc(-c2cccc(F)c2)cc(C)c1C1C(=O)CC(CCNC(=O)c2ccccn2)C1=O. The Hall–Kier alpha value is -3.67. The summed E-state index contributed by atoms with van der Waals surface area (Å²) in [5, 5.41) is 2.77. The number of carbonyl (C=O) groups excluding carboxylic acids is 3. The number of ketones is 2. The molecule has 168 valence electrons. The van der Waals surface area contributed by atoms with Gasteiger partial charge in [-0.05, 0) is 72.4 Å². The fraction of sp³-hybridized carbons (Fsp3) is 0.259. The predicted molar refractivity (Wildman–Crippen MR) is 123 cm³/mol. The third-order valence-corrected chi connectivity index (χ3v) is 6.17. The molecule has 2 aromatic carbocycles. The van der Waals surface area contributed by atoms with E-state index in [2.05, 4.69) is 10.3 Å². The Morgan fingerprint density at radius 3 is 2.45 bits per heavy atom. The second kappa shape index (κ2) is 9.45. The van der Waals surface area contributed by atoms with Gasteiger partial charge in [0.15, 0.2) is 5.78 Å². The van der Waals surface area contributed by atoms with Crippen molar-refractivity contribution in [3.05, 3.63) is 89.0 Å². The molecule has 1 fully saturated rings. The summed E-state index contributed by atoms with van der Waals surface area (Å²) < 4.78 is 13.7. The average Bonchev–Trinajstić information content (AvgIpc) is 3.07. The van der Waals surface area contributed by atoms with Gasteiger partial charge in [-0.1, -0.05) is 30.3 Å². The Balaban J connectivity index is 1.47. The zero-order valence-corrected chi connectivity index (χ0v) is 18.6. The first-order valence-corrected chi connectivity index (χ1v) is 11.0. The van der Waals surface area contributed by atoms with Gasteiger partial charge >= 0.3 is 0 Å². The minimum atomic E-state index is -0.789. The maximum atomic E-state index is 13.7. The van der Waals surface area contributed by atoms with E-state index >= 15 is 0 Å². The van der Waals surface area contributed by atoms with E-state index in [-0.39, 0.29) is 29.7 Å². The highest BCUT2D eigenvalue weighted by atomic mass is 19.1. The van der Waals surface area contributed by atoms with Crippen LogP contribution in [0.5, 0.6) is 0 Å². The van der Waals surface area contributed by atoms with Crippen LogP contribution in [0.2, 0.25) is 0 Å². The molecular formula is C27H25FN2O3. The first-order chi connectivity index (χ1) is 15.8. The van der Waals surface area contributed by atoms with E-state index < -0.39 is 11.8 Å². The molecule has 3 aromatic rings. The number of carbonyl (C=O) groups is 3. The van der Waals surface area contributed by atoms with E-state index in [1.54, 1.807) is 30.5 Å². The van der Waals surface area contributed by atoms with Crippen molar-refractivity contribution >= 4 is 17.5 Å². The highest BCUT2D eigenvalue weighted by molar-refractivity contribution is 6.15. The Morgan fingerprint density at radius 1 is 1.03 bits per heavy atom. The van der Waals surface area contributed by atoms with Crippen LogP contribution in [0.3, 0.4) is 0 Å². The summed E-state index contributed by atoms with van der Waals surface area (Å²) in [5.41, 5.74) is 4.33. The van der Waals surface area contributed by atoms with Crippen molar-refractivity contribution in [3.8, 4) is 11.1 Å². The van der Waals surface area contributed by atoms with Gasteiger partial charge in [-0.2, -0.15) is 0 Å². The summed E-state index contributed by atoms with van der Waals surface area (Å²) in [7, 11) is 0. The number of benzene rings is 2. The van der Waals surface area contributed by atoms with E-state index in [0.717, 1.165) is 27.8 Å². The monoisotopic (exact) mass is 444 g/mol. The van der Waals surface area contributed by atoms with Crippen molar-refractivity contribution in [2.24, 2.45) is 5.92 Å². The molecule has 1 aliphatic carbocycles. The number of hydrogen-bond acceptors (Lipinski definition) is 4. The maximum Gasteiger partial charge on any atom is 0.269 e. The summed E-state index contributed by atoms with van der Waals surface area (Å²) in [4.78, 5) is 42.2. The number of nitrogens with one attached hydrogen (secondary N) is 1. The largest absolute Gasteiger partial charge is 0.351 e. The van der Waals surface area contributed by atoms with Gasteiger partial charge in [-0.25, -0.2) is 4.39 Å². The lowest BCUT2D eigenvalue weighted by Gasteiger charge is -2.17. The third-order valence-electron chi connectivity index (χ3n) is 6.17. The van der Waals surface area contributed by atoms with Crippen LogP contribution >= 0.6 is 0 Å². The van der Waals surface area contributed by atoms with Crippen LogP contribution in [0.25, 0.3) is 11.1 Å². The molecule has 6 heteroatoms. The standard InChI is InChI=1S/C27H25FN2O3/c1-16-12-20(18-6-5-7-21(28)14-18)13-17(2)24(16)25-23(31)15-19(26(25)32)9-11-30-27(33)22-8-3-4-10-29-22/h3-8,10,12-14,19,25H,9,11,15H2,1-2H3,(H,30,33). The Labute approximate surface area is 192 Å². The summed E-state index contributed by atoms with van der Waals surface area (Å²) in [5.74, 6) is -2.02. The number of Topliss-reactive ketones (excluding diaryl/α,β-unsaturated/α-hetero) is 2. The first kappa shape index (κ1) is 22.5. The summed E-state index contributed by atoms with van der Waals surface area (Å²) in [6.45, 7) is 4.06. The molecule has 1 N–H and O–H groups in total.